The number of carbonyl (C=O) groups is 1. The third-order valence-corrected chi connectivity index (χ3v) is 6.08. The van der Waals surface area contributed by atoms with Crippen LogP contribution in [0.15, 0.2) is 60.8 Å². The Bertz CT molecular complexity index is 1020. The average molecular weight is 418 g/mol. The Balaban J connectivity index is 1.71. The number of hydrogen-bond donors (Lipinski definition) is 1. The average Bonchev–Trinajstić information content (AvgIpc) is 3.10. The van der Waals surface area contributed by atoms with Crippen LogP contribution < -0.4 is 0 Å². The molecule has 2 heterocycles. The maximum atomic E-state index is 13.8. The van der Waals surface area contributed by atoms with Gasteiger partial charge >= 0.3 is 0 Å². The van der Waals surface area contributed by atoms with Gasteiger partial charge < -0.3 is 14.6 Å². The van der Waals surface area contributed by atoms with Gasteiger partial charge in [-0.25, -0.2) is 0 Å². The predicted octanol–water partition coefficient (Wildman–Crippen LogP) is 3.57. The number of aromatic nitrogens is 1. The van der Waals surface area contributed by atoms with Gasteiger partial charge in [0.2, 0.25) is 0 Å². The minimum Gasteiger partial charge on any atom is -0.395 e. The van der Waals surface area contributed by atoms with Crippen molar-refractivity contribution >= 4 is 5.91 Å². The Hall–Kier alpha value is -2.89. The van der Waals surface area contributed by atoms with Crippen LogP contribution in [0.1, 0.15) is 27.2 Å². The van der Waals surface area contributed by atoms with Gasteiger partial charge in [0.25, 0.3) is 5.91 Å². The van der Waals surface area contributed by atoms with Gasteiger partial charge in [0, 0.05) is 51.0 Å². The van der Waals surface area contributed by atoms with Crippen molar-refractivity contribution in [1.82, 2.24) is 14.4 Å². The molecule has 31 heavy (non-hydrogen) atoms. The number of aliphatic hydroxyl groups is 1. The topological polar surface area (TPSA) is 48.7 Å². The van der Waals surface area contributed by atoms with E-state index in [4.69, 9.17) is 0 Å². The van der Waals surface area contributed by atoms with E-state index in [9.17, 15) is 9.90 Å². The van der Waals surface area contributed by atoms with Crippen molar-refractivity contribution in [3.63, 3.8) is 0 Å². The fraction of sp³-hybridized carbons (Fsp3) is 0.346. The number of rotatable bonds is 6. The van der Waals surface area contributed by atoms with Gasteiger partial charge in [-0.2, -0.15) is 0 Å². The molecule has 162 valence electrons. The number of β-amino-alcohol motifs (C(OH)–C–C–N with tert-alkyl or cyclic N) is 1. The summed E-state index contributed by atoms with van der Waals surface area (Å²) < 4.78 is 2.11. The summed E-state index contributed by atoms with van der Waals surface area (Å²) in [6, 6.07) is 18.7. The predicted molar refractivity (Wildman–Crippen MR) is 124 cm³/mol. The fourth-order valence-corrected chi connectivity index (χ4v) is 4.38. The molecule has 0 saturated carbocycles. The van der Waals surface area contributed by atoms with Gasteiger partial charge in [-0.15, -0.1) is 0 Å². The number of aryl methyl sites for hydroxylation is 2. The van der Waals surface area contributed by atoms with Crippen molar-refractivity contribution in [2.24, 2.45) is 0 Å². The van der Waals surface area contributed by atoms with Gasteiger partial charge in [-0.1, -0.05) is 60.2 Å². The fourth-order valence-electron chi connectivity index (χ4n) is 4.38. The van der Waals surface area contributed by atoms with Crippen LogP contribution in [0.4, 0.5) is 0 Å². The number of carbonyl (C=O) groups excluding carboxylic acids is 1. The Labute approximate surface area is 184 Å². The number of nitrogens with zero attached hydrogens (tertiary/aromatic N) is 3. The van der Waals surface area contributed by atoms with Gasteiger partial charge in [0.1, 0.15) is 5.69 Å². The molecule has 0 aliphatic carbocycles. The van der Waals surface area contributed by atoms with E-state index in [1.165, 1.54) is 11.1 Å². The summed E-state index contributed by atoms with van der Waals surface area (Å²) in [7, 11) is 0. The monoisotopic (exact) mass is 417 g/mol. The Kier molecular flexibility index (Phi) is 6.54. The summed E-state index contributed by atoms with van der Waals surface area (Å²) in [6.45, 7) is 8.62. The van der Waals surface area contributed by atoms with Gasteiger partial charge in [-0.05, 0) is 30.5 Å². The zero-order valence-electron chi connectivity index (χ0n) is 18.4. The molecule has 1 amide bonds. The third kappa shape index (κ3) is 4.73. The van der Waals surface area contributed by atoms with E-state index in [0.29, 0.717) is 26.2 Å². The summed E-state index contributed by atoms with van der Waals surface area (Å²) in [5.41, 5.74) is 6.37. The van der Waals surface area contributed by atoms with Crippen LogP contribution in [-0.4, -0.2) is 64.7 Å². The number of hydrogen-bond acceptors (Lipinski definition) is 3. The van der Waals surface area contributed by atoms with E-state index < -0.39 is 0 Å². The summed E-state index contributed by atoms with van der Waals surface area (Å²) in [4.78, 5) is 18.0. The van der Waals surface area contributed by atoms with Crippen LogP contribution in [0.2, 0.25) is 0 Å². The first-order chi connectivity index (χ1) is 15.1. The Morgan fingerprint density at radius 1 is 0.935 bits per heavy atom. The molecule has 1 aliphatic heterocycles. The second-order valence-electron chi connectivity index (χ2n) is 8.37. The molecule has 2 aromatic carbocycles. The van der Waals surface area contributed by atoms with E-state index in [0.717, 1.165) is 35.5 Å². The molecule has 1 fully saturated rings. The maximum Gasteiger partial charge on any atom is 0.271 e. The lowest BCUT2D eigenvalue weighted by molar-refractivity contribution is 0.0606. The molecule has 0 unspecified atom stereocenters. The lowest BCUT2D eigenvalue weighted by Crippen LogP contribution is -2.49. The van der Waals surface area contributed by atoms with Crippen LogP contribution >= 0.6 is 0 Å². The normalized spacial score (nSPS) is 14.7. The highest BCUT2D eigenvalue weighted by atomic mass is 16.3. The number of piperazine rings is 1. The number of benzene rings is 2. The quantitative estimate of drug-likeness (QED) is 0.667. The molecule has 5 nitrogen and oxygen atoms in total. The van der Waals surface area contributed by atoms with Crippen LogP contribution in [0.5, 0.6) is 0 Å². The second kappa shape index (κ2) is 9.50. The highest BCUT2D eigenvalue weighted by Gasteiger charge is 2.28. The van der Waals surface area contributed by atoms with E-state index >= 15 is 0 Å². The minimum absolute atomic E-state index is 0.0863. The summed E-state index contributed by atoms with van der Waals surface area (Å²) in [5, 5.41) is 9.21. The molecule has 1 saturated heterocycles. The molecule has 0 bridgehead atoms. The Morgan fingerprint density at radius 2 is 1.61 bits per heavy atom. The van der Waals surface area contributed by atoms with E-state index in [1.807, 2.05) is 23.1 Å². The largest absolute Gasteiger partial charge is 0.395 e. The molecule has 3 aromatic rings. The molecule has 0 spiro atoms. The zero-order chi connectivity index (χ0) is 21.8. The third-order valence-electron chi connectivity index (χ3n) is 6.08. The first kappa shape index (κ1) is 21.3. The smallest absolute Gasteiger partial charge is 0.271 e. The lowest BCUT2D eigenvalue weighted by atomic mass is 10.00. The van der Waals surface area contributed by atoms with E-state index in [1.54, 1.807) is 0 Å². The van der Waals surface area contributed by atoms with Crippen LogP contribution in [-0.2, 0) is 6.54 Å². The summed E-state index contributed by atoms with van der Waals surface area (Å²) in [5.74, 6) is 0.0863. The molecule has 0 radical (unpaired) electrons. The van der Waals surface area contributed by atoms with Crippen LogP contribution in [0.25, 0.3) is 11.1 Å². The van der Waals surface area contributed by atoms with Crippen LogP contribution in [0, 0.1) is 13.8 Å². The molecule has 1 N–H and O–H groups in total. The van der Waals surface area contributed by atoms with Crippen molar-refractivity contribution < 1.29 is 9.90 Å². The highest BCUT2D eigenvalue weighted by molar-refractivity contribution is 6.00. The number of amides is 1. The van der Waals surface area contributed by atoms with Crippen LogP contribution in [0.3, 0.4) is 0 Å². The maximum absolute atomic E-state index is 13.8. The second-order valence-corrected chi connectivity index (χ2v) is 8.37. The Morgan fingerprint density at radius 3 is 2.26 bits per heavy atom. The number of aliphatic hydroxyl groups excluding tert-OH is 1. The van der Waals surface area contributed by atoms with Crippen molar-refractivity contribution in [3.8, 4) is 11.1 Å². The highest BCUT2D eigenvalue weighted by Crippen LogP contribution is 2.31. The first-order valence-electron chi connectivity index (χ1n) is 11.0. The zero-order valence-corrected chi connectivity index (χ0v) is 18.4. The van der Waals surface area contributed by atoms with E-state index in [-0.39, 0.29) is 12.5 Å². The summed E-state index contributed by atoms with van der Waals surface area (Å²) >= 11 is 0. The van der Waals surface area contributed by atoms with Crippen molar-refractivity contribution in [3.05, 3.63) is 83.2 Å². The first-order valence-corrected chi connectivity index (χ1v) is 11.0. The summed E-state index contributed by atoms with van der Waals surface area (Å²) in [6.07, 6.45) is 2.11. The molecule has 0 atom stereocenters. The molecular formula is C26H31N3O2. The molecule has 5 heteroatoms. The van der Waals surface area contributed by atoms with Crippen molar-refractivity contribution in [1.29, 1.82) is 0 Å². The van der Waals surface area contributed by atoms with Gasteiger partial charge in [0.05, 0.1) is 6.61 Å². The van der Waals surface area contributed by atoms with E-state index in [2.05, 4.69) is 65.9 Å². The molecular weight excluding hydrogens is 386 g/mol. The lowest BCUT2D eigenvalue weighted by Gasteiger charge is -2.34. The SMILES string of the molecule is Cc1ccc(-c2c(C)cn(Cc3ccccc3)c2C(=O)N2CCN(CCO)CC2)cc1. The molecule has 1 aliphatic rings. The molecule has 4 rings (SSSR count). The van der Waals surface area contributed by atoms with Gasteiger partial charge in [0.15, 0.2) is 0 Å². The van der Waals surface area contributed by atoms with Crippen molar-refractivity contribution in [2.45, 2.75) is 20.4 Å². The standard InChI is InChI=1S/C26H31N3O2/c1-20-8-10-23(11-9-20)24-21(2)18-29(19-22-6-4-3-5-7-22)25(24)26(31)28-14-12-27(13-15-28)16-17-30/h3-11,18,30H,12-17,19H2,1-2H3. The minimum atomic E-state index is 0.0863. The molecule has 1 aromatic heterocycles. The van der Waals surface area contributed by atoms with Gasteiger partial charge in [-0.3, -0.25) is 9.69 Å². The van der Waals surface area contributed by atoms with Crippen molar-refractivity contribution in [2.75, 3.05) is 39.3 Å².